The van der Waals surface area contributed by atoms with Crippen LogP contribution in [0.15, 0.2) is 104 Å². The van der Waals surface area contributed by atoms with E-state index in [2.05, 4.69) is 30.6 Å². The van der Waals surface area contributed by atoms with Crippen LogP contribution in [0.4, 0.5) is 16.3 Å². The molecule has 0 aliphatic rings. The van der Waals surface area contributed by atoms with Gasteiger partial charge in [0.15, 0.2) is 11.5 Å². The number of nitrogens with one attached hydrogen (secondary N) is 2. The van der Waals surface area contributed by atoms with Crippen molar-refractivity contribution < 1.29 is 14.3 Å². The fraction of sp³-hybridized carbons (Fsp3) is 0.0968. The van der Waals surface area contributed by atoms with E-state index >= 15 is 0 Å². The maximum Gasteiger partial charge on any atom is 0.407 e. The number of benzene rings is 2. The van der Waals surface area contributed by atoms with Crippen molar-refractivity contribution in [3.8, 4) is 22.4 Å². The summed E-state index contributed by atoms with van der Waals surface area (Å²) in [6, 6.07) is 22.6. The molecule has 204 valence electrons. The van der Waals surface area contributed by atoms with E-state index in [4.69, 9.17) is 10.5 Å². The van der Waals surface area contributed by atoms with Crippen molar-refractivity contribution in [3.63, 3.8) is 0 Å². The second-order valence-corrected chi connectivity index (χ2v) is 9.04. The van der Waals surface area contributed by atoms with Gasteiger partial charge in [-0.15, -0.1) is 0 Å². The van der Waals surface area contributed by atoms with Crippen LogP contribution in [0.2, 0.25) is 0 Å². The van der Waals surface area contributed by atoms with Crippen molar-refractivity contribution in [2.45, 2.75) is 13.0 Å². The van der Waals surface area contributed by atoms with Crippen molar-refractivity contribution in [3.05, 3.63) is 121 Å². The van der Waals surface area contributed by atoms with Crippen molar-refractivity contribution in [1.82, 2.24) is 25.3 Å². The number of aromatic nitrogens is 4. The number of hydrogen-bond donors (Lipinski definition) is 3. The summed E-state index contributed by atoms with van der Waals surface area (Å²) in [6.07, 6.45) is 8.25. The van der Waals surface area contributed by atoms with Gasteiger partial charge in [-0.2, -0.15) is 0 Å². The van der Waals surface area contributed by atoms with Crippen LogP contribution in [0, 0.1) is 0 Å². The molecule has 3 heterocycles. The molecule has 0 saturated heterocycles. The van der Waals surface area contributed by atoms with Crippen molar-refractivity contribution >= 4 is 23.5 Å². The fourth-order valence-electron chi connectivity index (χ4n) is 4.09. The van der Waals surface area contributed by atoms with Crippen LogP contribution in [-0.4, -0.2) is 38.5 Å². The van der Waals surface area contributed by atoms with Crippen LogP contribution in [0.3, 0.4) is 0 Å². The van der Waals surface area contributed by atoms with Crippen molar-refractivity contribution in [2.75, 3.05) is 17.6 Å². The number of hydrogen-bond acceptors (Lipinski definition) is 8. The molecule has 0 aliphatic carbocycles. The first-order valence-corrected chi connectivity index (χ1v) is 12.9. The highest BCUT2D eigenvalue weighted by Gasteiger charge is 2.17. The molecule has 0 saturated carbocycles. The van der Waals surface area contributed by atoms with Gasteiger partial charge in [-0.25, -0.2) is 14.8 Å². The molecular formula is C31H27N7O3. The zero-order chi connectivity index (χ0) is 28.4. The second-order valence-electron chi connectivity index (χ2n) is 9.04. The molecule has 2 amide bonds. The van der Waals surface area contributed by atoms with Crippen LogP contribution in [-0.2, 0) is 17.8 Å². The average molecular weight is 546 g/mol. The van der Waals surface area contributed by atoms with Gasteiger partial charge in [-0.3, -0.25) is 14.8 Å². The Balaban J connectivity index is 1.20. The molecule has 41 heavy (non-hydrogen) atoms. The predicted octanol–water partition coefficient (Wildman–Crippen LogP) is 4.90. The summed E-state index contributed by atoms with van der Waals surface area (Å²) in [5.74, 6) is -0.482. The third kappa shape index (κ3) is 7.07. The molecule has 0 aliphatic heterocycles. The molecule has 0 fully saturated rings. The van der Waals surface area contributed by atoms with Gasteiger partial charge in [0.25, 0.3) is 5.91 Å². The molecule has 5 rings (SSSR count). The molecular weight excluding hydrogens is 518 g/mol. The number of carbonyl (C=O) groups is 2. The summed E-state index contributed by atoms with van der Waals surface area (Å²) >= 11 is 0. The highest BCUT2D eigenvalue weighted by atomic mass is 16.5. The molecule has 3 aromatic heterocycles. The Morgan fingerprint density at radius 2 is 1.56 bits per heavy atom. The molecule has 10 nitrogen and oxygen atoms in total. The smallest absolute Gasteiger partial charge is 0.407 e. The summed E-state index contributed by atoms with van der Waals surface area (Å²) in [5, 5.41) is 5.61. The number of nitrogens with zero attached hydrogens (tertiary/aromatic N) is 4. The molecule has 0 radical (unpaired) electrons. The van der Waals surface area contributed by atoms with E-state index < -0.39 is 12.0 Å². The van der Waals surface area contributed by atoms with Crippen molar-refractivity contribution in [2.24, 2.45) is 0 Å². The molecule has 2 aromatic carbocycles. The summed E-state index contributed by atoms with van der Waals surface area (Å²) in [5.41, 5.74) is 11.4. The largest absolute Gasteiger partial charge is 0.445 e. The third-order valence-electron chi connectivity index (χ3n) is 6.22. The highest BCUT2D eigenvalue weighted by Crippen LogP contribution is 2.27. The van der Waals surface area contributed by atoms with Crippen LogP contribution >= 0.6 is 0 Å². The summed E-state index contributed by atoms with van der Waals surface area (Å²) in [4.78, 5) is 42.0. The van der Waals surface area contributed by atoms with Crippen LogP contribution in [0.25, 0.3) is 22.4 Å². The van der Waals surface area contributed by atoms with Gasteiger partial charge in [-0.1, -0.05) is 54.6 Å². The fourth-order valence-corrected chi connectivity index (χ4v) is 4.09. The minimum Gasteiger partial charge on any atom is -0.445 e. The van der Waals surface area contributed by atoms with Crippen LogP contribution < -0.4 is 16.4 Å². The number of nitrogen functional groups attached to an aromatic ring is 1. The molecule has 5 aromatic rings. The number of alkyl carbamates (subject to hydrolysis) is 1. The molecule has 0 bridgehead atoms. The maximum atomic E-state index is 13.2. The van der Waals surface area contributed by atoms with Crippen molar-refractivity contribution in [1.29, 1.82) is 0 Å². The van der Waals surface area contributed by atoms with E-state index in [0.717, 1.165) is 27.8 Å². The summed E-state index contributed by atoms with van der Waals surface area (Å²) in [7, 11) is 0. The lowest BCUT2D eigenvalue weighted by atomic mass is 10.1. The first kappa shape index (κ1) is 26.9. The Labute approximate surface area is 236 Å². The minimum atomic E-state index is -0.498. The van der Waals surface area contributed by atoms with Crippen LogP contribution in [0.5, 0.6) is 0 Å². The monoisotopic (exact) mass is 545 g/mol. The molecule has 4 N–H and O–H groups in total. The van der Waals surface area contributed by atoms with E-state index in [9.17, 15) is 9.59 Å². The SMILES string of the molecule is Nc1ncc(-c2ccc(CCNC(=O)OCc3ccccc3)cc2)nc1C(=O)Nc1cnccc1-c1ccncc1. The Morgan fingerprint density at radius 3 is 2.34 bits per heavy atom. The normalized spacial score (nSPS) is 10.5. The zero-order valence-corrected chi connectivity index (χ0v) is 22.0. The number of anilines is 2. The molecule has 10 heteroatoms. The van der Waals surface area contributed by atoms with Gasteiger partial charge in [-0.05, 0) is 41.3 Å². The first-order valence-electron chi connectivity index (χ1n) is 12.9. The Hall–Kier alpha value is -5.64. The highest BCUT2D eigenvalue weighted by molar-refractivity contribution is 6.07. The number of carbonyl (C=O) groups excluding carboxylic acids is 2. The lowest BCUT2D eigenvalue weighted by Crippen LogP contribution is -2.26. The first-order chi connectivity index (χ1) is 20.1. The predicted molar refractivity (Wildman–Crippen MR) is 156 cm³/mol. The molecule has 0 spiro atoms. The van der Waals surface area contributed by atoms with E-state index in [0.29, 0.717) is 24.3 Å². The number of ether oxygens (including phenoxy) is 1. The van der Waals surface area contributed by atoms with Gasteiger partial charge in [0.2, 0.25) is 0 Å². The quantitative estimate of drug-likeness (QED) is 0.237. The number of rotatable bonds is 9. The van der Waals surface area contributed by atoms with Gasteiger partial charge < -0.3 is 21.1 Å². The van der Waals surface area contributed by atoms with Gasteiger partial charge in [0.05, 0.1) is 23.8 Å². The lowest BCUT2D eigenvalue weighted by Gasteiger charge is -2.12. The zero-order valence-electron chi connectivity index (χ0n) is 22.0. The Morgan fingerprint density at radius 1 is 0.805 bits per heavy atom. The number of amides is 2. The lowest BCUT2D eigenvalue weighted by molar-refractivity contribution is 0.102. The van der Waals surface area contributed by atoms with E-state index in [1.54, 1.807) is 30.9 Å². The Bertz CT molecular complexity index is 1630. The average Bonchev–Trinajstić information content (AvgIpc) is 3.02. The van der Waals surface area contributed by atoms with Crippen LogP contribution in [0.1, 0.15) is 21.6 Å². The minimum absolute atomic E-state index is 0.00863. The van der Waals surface area contributed by atoms with E-state index in [-0.39, 0.29) is 18.1 Å². The summed E-state index contributed by atoms with van der Waals surface area (Å²) in [6.45, 7) is 0.646. The number of pyridine rings is 2. The van der Waals surface area contributed by atoms with E-state index in [1.807, 2.05) is 66.7 Å². The standard InChI is InChI=1S/C31H27N7O3/c32-29-28(30(39)38-27-18-34-16-13-25(27)23-11-14-33-15-12-23)37-26(19-36-29)24-8-6-21(7-9-24)10-17-35-31(40)41-20-22-4-2-1-3-5-22/h1-9,11-16,18-19H,10,17,20H2,(H2,32,36)(H,35,40)(H,38,39). The van der Waals surface area contributed by atoms with E-state index in [1.165, 1.54) is 6.20 Å². The van der Waals surface area contributed by atoms with Gasteiger partial charge >= 0.3 is 6.09 Å². The van der Waals surface area contributed by atoms with Gasteiger partial charge in [0.1, 0.15) is 6.61 Å². The van der Waals surface area contributed by atoms with Gasteiger partial charge in [0, 0.05) is 36.3 Å². The summed E-state index contributed by atoms with van der Waals surface area (Å²) < 4.78 is 5.24. The Kier molecular flexibility index (Phi) is 8.50. The maximum absolute atomic E-state index is 13.2. The molecule has 0 atom stereocenters. The topological polar surface area (TPSA) is 145 Å². The molecule has 0 unspecified atom stereocenters. The second kappa shape index (κ2) is 12.9. The number of nitrogens with two attached hydrogens (primary N) is 1. The third-order valence-corrected chi connectivity index (χ3v) is 6.22.